The first-order chi connectivity index (χ1) is 7.24. The van der Waals surface area contributed by atoms with E-state index >= 15 is 0 Å². The van der Waals surface area contributed by atoms with Crippen LogP contribution in [0.5, 0.6) is 0 Å². The predicted molar refractivity (Wildman–Crippen MR) is 65.6 cm³/mol. The number of nitrogens with one attached hydrogen (secondary N) is 1. The molecule has 1 aromatic carbocycles. The van der Waals surface area contributed by atoms with Crippen LogP contribution in [-0.2, 0) is 0 Å². The summed E-state index contributed by atoms with van der Waals surface area (Å²) in [5.74, 6) is 0.711. The normalized spacial score (nSPS) is 17.8. The smallest absolute Gasteiger partial charge is 0.0468 e. The second-order valence-corrected chi connectivity index (χ2v) is 4.82. The third-order valence-electron chi connectivity index (χ3n) is 2.83. The summed E-state index contributed by atoms with van der Waals surface area (Å²) in [5.41, 5.74) is 1.07. The van der Waals surface area contributed by atoms with Crippen molar-refractivity contribution in [2.45, 2.75) is 25.8 Å². The summed E-state index contributed by atoms with van der Waals surface area (Å²) in [6.45, 7) is 3.06. The van der Waals surface area contributed by atoms with Gasteiger partial charge in [0.05, 0.1) is 0 Å². The molecule has 1 aromatic rings. The minimum Gasteiger partial charge on any atom is -0.310 e. The SMILES string of the molecule is CCNC(c1c(Cl)cccc1Cl)C1CC1. The van der Waals surface area contributed by atoms with Crippen LogP contribution in [0.15, 0.2) is 18.2 Å². The second-order valence-electron chi connectivity index (χ2n) is 4.01. The van der Waals surface area contributed by atoms with Gasteiger partial charge in [-0.2, -0.15) is 0 Å². The average Bonchev–Trinajstić information content (AvgIpc) is 2.99. The summed E-state index contributed by atoms with van der Waals surface area (Å²) in [7, 11) is 0. The predicted octanol–water partition coefficient (Wildman–Crippen LogP) is 4.05. The molecule has 0 radical (unpaired) electrons. The van der Waals surface area contributed by atoms with Gasteiger partial charge < -0.3 is 5.32 Å². The van der Waals surface area contributed by atoms with Crippen molar-refractivity contribution in [1.29, 1.82) is 0 Å². The molecule has 0 spiro atoms. The molecule has 3 heteroatoms. The highest BCUT2D eigenvalue weighted by molar-refractivity contribution is 6.36. The van der Waals surface area contributed by atoms with Crippen LogP contribution in [0.4, 0.5) is 0 Å². The third-order valence-corrected chi connectivity index (χ3v) is 3.49. The Morgan fingerprint density at radius 1 is 1.33 bits per heavy atom. The van der Waals surface area contributed by atoms with Gasteiger partial charge in [0.15, 0.2) is 0 Å². The molecule has 1 aliphatic carbocycles. The quantitative estimate of drug-likeness (QED) is 0.842. The summed E-state index contributed by atoms with van der Waals surface area (Å²) >= 11 is 12.4. The number of halogens is 2. The zero-order valence-electron chi connectivity index (χ0n) is 8.76. The molecular formula is C12H15Cl2N. The fraction of sp³-hybridized carbons (Fsp3) is 0.500. The Morgan fingerprint density at radius 2 is 1.93 bits per heavy atom. The van der Waals surface area contributed by atoms with Crippen LogP contribution in [0.25, 0.3) is 0 Å². The van der Waals surface area contributed by atoms with Crippen molar-refractivity contribution in [2.75, 3.05) is 6.54 Å². The van der Waals surface area contributed by atoms with Gasteiger partial charge in [0.2, 0.25) is 0 Å². The minimum absolute atomic E-state index is 0.330. The van der Waals surface area contributed by atoms with Crippen molar-refractivity contribution in [3.8, 4) is 0 Å². The number of hydrogen-bond donors (Lipinski definition) is 1. The molecule has 1 nitrogen and oxygen atoms in total. The molecule has 0 aromatic heterocycles. The van der Waals surface area contributed by atoms with E-state index in [2.05, 4.69) is 12.2 Å². The highest BCUT2D eigenvalue weighted by Crippen LogP contribution is 2.44. The maximum absolute atomic E-state index is 6.21. The Balaban J connectivity index is 2.31. The fourth-order valence-corrected chi connectivity index (χ4v) is 2.59. The molecule has 1 fully saturated rings. The topological polar surface area (TPSA) is 12.0 Å². The monoisotopic (exact) mass is 243 g/mol. The number of rotatable bonds is 4. The largest absolute Gasteiger partial charge is 0.310 e. The first-order valence-corrected chi connectivity index (χ1v) is 6.17. The van der Waals surface area contributed by atoms with Crippen LogP contribution in [0.3, 0.4) is 0 Å². The maximum atomic E-state index is 6.21. The van der Waals surface area contributed by atoms with Crippen LogP contribution in [0, 0.1) is 5.92 Å². The Morgan fingerprint density at radius 3 is 2.40 bits per heavy atom. The first-order valence-electron chi connectivity index (χ1n) is 5.41. The van der Waals surface area contributed by atoms with Crippen molar-refractivity contribution in [2.24, 2.45) is 5.92 Å². The standard InChI is InChI=1S/C12H15Cl2N/c1-2-15-12(8-6-7-8)11-9(13)4-3-5-10(11)14/h3-5,8,12,15H,2,6-7H2,1H3. The van der Waals surface area contributed by atoms with Crippen molar-refractivity contribution in [3.05, 3.63) is 33.8 Å². The van der Waals surface area contributed by atoms with Gasteiger partial charge in [-0.1, -0.05) is 36.2 Å². The molecule has 1 atom stereocenters. The second kappa shape index (κ2) is 4.73. The number of benzene rings is 1. The average molecular weight is 244 g/mol. The molecule has 1 unspecified atom stereocenters. The van der Waals surface area contributed by atoms with Gasteiger partial charge >= 0.3 is 0 Å². The van der Waals surface area contributed by atoms with E-state index in [0.29, 0.717) is 12.0 Å². The van der Waals surface area contributed by atoms with E-state index in [9.17, 15) is 0 Å². The zero-order valence-corrected chi connectivity index (χ0v) is 10.3. The van der Waals surface area contributed by atoms with Crippen LogP contribution in [0.1, 0.15) is 31.4 Å². The van der Waals surface area contributed by atoms with Gasteiger partial charge in [0.25, 0.3) is 0 Å². The fourth-order valence-electron chi connectivity index (χ4n) is 1.96. The Bertz CT molecular complexity index is 327. The Labute approximate surface area is 101 Å². The molecule has 1 N–H and O–H groups in total. The molecule has 1 aliphatic rings. The summed E-state index contributed by atoms with van der Waals surface area (Å²) in [6.07, 6.45) is 2.55. The van der Waals surface area contributed by atoms with E-state index in [0.717, 1.165) is 22.2 Å². The lowest BCUT2D eigenvalue weighted by atomic mass is 10.0. The van der Waals surface area contributed by atoms with Crippen LogP contribution >= 0.6 is 23.2 Å². The molecule has 15 heavy (non-hydrogen) atoms. The molecular weight excluding hydrogens is 229 g/mol. The Kier molecular flexibility index (Phi) is 3.55. The molecule has 0 amide bonds. The number of hydrogen-bond acceptors (Lipinski definition) is 1. The molecule has 1 saturated carbocycles. The highest BCUT2D eigenvalue weighted by Gasteiger charge is 2.33. The van der Waals surface area contributed by atoms with E-state index in [-0.39, 0.29) is 0 Å². The molecule has 0 aliphatic heterocycles. The lowest BCUT2D eigenvalue weighted by Gasteiger charge is -2.20. The van der Waals surface area contributed by atoms with Crippen molar-refractivity contribution in [1.82, 2.24) is 5.32 Å². The molecule has 0 bridgehead atoms. The lowest BCUT2D eigenvalue weighted by Crippen LogP contribution is -2.23. The third kappa shape index (κ3) is 2.47. The van der Waals surface area contributed by atoms with E-state index in [1.54, 1.807) is 0 Å². The van der Waals surface area contributed by atoms with E-state index in [4.69, 9.17) is 23.2 Å². The minimum atomic E-state index is 0.330. The van der Waals surface area contributed by atoms with Gasteiger partial charge in [0, 0.05) is 21.7 Å². The van der Waals surface area contributed by atoms with Crippen LogP contribution < -0.4 is 5.32 Å². The highest BCUT2D eigenvalue weighted by atomic mass is 35.5. The molecule has 0 saturated heterocycles. The first kappa shape index (κ1) is 11.3. The van der Waals surface area contributed by atoms with Crippen LogP contribution in [-0.4, -0.2) is 6.54 Å². The Hall–Kier alpha value is -0.240. The van der Waals surface area contributed by atoms with Crippen molar-refractivity contribution >= 4 is 23.2 Å². The summed E-state index contributed by atoms with van der Waals surface area (Å²) < 4.78 is 0. The summed E-state index contributed by atoms with van der Waals surface area (Å²) in [5, 5.41) is 5.03. The van der Waals surface area contributed by atoms with Gasteiger partial charge in [-0.15, -0.1) is 0 Å². The van der Waals surface area contributed by atoms with E-state index < -0.39 is 0 Å². The summed E-state index contributed by atoms with van der Waals surface area (Å²) in [4.78, 5) is 0. The molecule has 2 rings (SSSR count). The van der Waals surface area contributed by atoms with Crippen molar-refractivity contribution < 1.29 is 0 Å². The van der Waals surface area contributed by atoms with E-state index in [1.165, 1.54) is 12.8 Å². The van der Waals surface area contributed by atoms with Gasteiger partial charge in [0.1, 0.15) is 0 Å². The van der Waals surface area contributed by atoms with Gasteiger partial charge in [-0.05, 0) is 37.4 Å². The molecule has 0 heterocycles. The lowest BCUT2D eigenvalue weighted by molar-refractivity contribution is 0.496. The van der Waals surface area contributed by atoms with E-state index in [1.807, 2.05) is 18.2 Å². The van der Waals surface area contributed by atoms with Crippen LogP contribution in [0.2, 0.25) is 10.0 Å². The van der Waals surface area contributed by atoms with Gasteiger partial charge in [-0.25, -0.2) is 0 Å². The maximum Gasteiger partial charge on any atom is 0.0468 e. The zero-order chi connectivity index (χ0) is 10.8. The molecule has 82 valence electrons. The summed E-state index contributed by atoms with van der Waals surface area (Å²) in [6, 6.07) is 6.05. The van der Waals surface area contributed by atoms with Crippen molar-refractivity contribution in [3.63, 3.8) is 0 Å². The van der Waals surface area contributed by atoms with Gasteiger partial charge in [-0.3, -0.25) is 0 Å².